The molecule has 21 heavy (non-hydrogen) atoms. The first-order valence-electron chi connectivity index (χ1n) is 6.03. The molecule has 0 heterocycles. The summed E-state index contributed by atoms with van der Waals surface area (Å²) >= 11 is 12.0. The molecule has 0 atom stereocenters. The molecule has 0 aliphatic carbocycles. The molecule has 0 saturated heterocycles. The van der Waals surface area contributed by atoms with Crippen molar-refractivity contribution < 1.29 is 13.9 Å². The predicted molar refractivity (Wildman–Crippen MR) is 82.8 cm³/mol. The van der Waals surface area contributed by atoms with Gasteiger partial charge in [-0.2, -0.15) is 0 Å². The highest BCUT2D eigenvalue weighted by Crippen LogP contribution is 2.26. The van der Waals surface area contributed by atoms with Gasteiger partial charge in [-0.05, 0) is 36.4 Å². The number of carbonyl (C=O) groups is 1. The van der Waals surface area contributed by atoms with Crippen LogP contribution >= 0.6 is 23.2 Å². The zero-order valence-corrected chi connectivity index (χ0v) is 12.6. The molecule has 0 aliphatic rings. The van der Waals surface area contributed by atoms with Crippen LogP contribution in [0.15, 0.2) is 42.5 Å². The lowest BCUT2D eigenvalue weighted by Gasteiger charge is -2.03. The quantitative estimate of drug-likeness (QED) is 0.582. The van der Waals surface area contributed by atoms with Gasteiger partial charge in [0.2, 0.25) is 0 Å². The van der Waals surface area contributed by atoms with Crippen LogP contribution < -0.4 is 4.74 Å². The molecule has 2 aromatic rings. The number of rotatable bonds is 4. The van der Waals surface area contributed by atoms with Crippen LogP contribution in [0, 0.1) is 5.82 Å². The first-order valence-corrected chi connectivity index (χ1v) is 6.78. The lowest BCUT2D eigenvalue weighted by Crippen LogP contribution is -1.99. The summed E-state index contributed by atoms with van der Waals surface area (Å²) < 4.78 is 18.7. The summed E-state index contributed by atoms with van der Waals surface area (Å²) in [5.74, 6) is -0.775. The molecule has 0 aliphatic heterocycles. The number of hydrogen-bond acceptors (Lipinski definition) is 2. The molecule has 108 valence electrons. The average molecular weight is 325 g/mol. The van der Waals surface area contributed by atoms with Crippen molar-refractivity contribution in [2.24, 2.45) is 0 Å². The molecule has 2 aromatic carbocycles. The molecule has 0 saturated carbocycles. The molecule has 0 amide bonds. The summed E-state index contributed by atoms with van der Waals surface area (Å²) in [6.07, 6.45) is 2.70. The fraction of sp³-hybridized carbons (Fsp3) is 0.0625. The van der Waals surface area contributed by atoms with Crippen LogP contribution in [0.3, 0.4) is 0 Å². The van der Waals surface area contributed by atoms with Gasteiger partial charge in [0.05, 0.1) is 12.7 Å². The molecule has 0 N–H and O–H groups in total. The Bertz CT molecular complexity index is 691. The Morgan fingerprint density at radius 3 is 2.43 bits per heavy atom. The van der Waals surface area contributed by atoms with Gasteiger partial charge >= 0.3 is 0 Å². The summed E-state index contributed by atoms with van der Waals surface area (Å²) in [4.78, 5) is 12.0. The standard InChI is InChI=1S/C16H11Cl2FO2/c1-21-10-5-6-12(15(19)9-10)16(20)8-7-11-13(17)3-2-4-14(11)18/h2-9H,1H3. The highest BCUT2D eigenvalue weighted by Gasteiger charge is 2.10. The van der Waals surface area contributed by atoms with Crippen LogP contribution in [0.4, 0.5) is 4.39 Å². The first kappa shape index (κ1) is 15.5. The summed E-state index contributed by atoms with van der Waals surface area (Å²) in [5, 5.41) is 0.837. The van der Waals surface area contributed by atoms with Crippen molar-refractivity contribution in [3.05, 3.63) is 69.5 Å². The number of carbonyl (C=O) groups excluding carboxylic acids is 1. The Balaban J connectivity index is 2.28. The number of allylic oxidation sites excluding steroid dienone is 1. The molecule has 2 rings (SSSR count). The third kappa shape index (κ3) is 3.63. The van der Waals surface area contributed by atoms with Crippen LogP contribution in [0.2, 0.25) is 10.0 Å². The minimum absolute atomic E-state index is 0.0461. The van der Waals surface area contributed by atoms with Crippen molar-refractivity contribution in [3.8, 4) is 5.75 Å². The maximum atomic E-state index is 13.8. The number of methoxy groups -OCH3 is 1. The number of halogens is 3. The molecule has 0 spiro atoms. The minimum atomic E-state index is -0.644. The largest absolute Gasteiger partial charge is 0.497 e. The topological polar surface area (TPSA) is 26.3 Å². The third-order valence-corrected chi connectivity index (χ3v) is 3.50. The van der Waals surface area contributed by atoms with Gasteiger partial charge in [-0.15, -0.1) is 0 Å². The van der Waals surface area contributed by atoms with Gasteiger partial charge in [0, 0.05) is 21.7 Å². The number of ether oxygens (including phenoxy) is 1. The lowest BCUT2D eigenvalue weighted by molar-refractivity contribution is 0.104. The van der Waals surface area contributed by atoms with Gasteiger partial charge in [-0.1, -0.05) is 29.3 Å². The maximum Gasteiger partial charge on any atom is 0.188 e. The second-order valence-electron chi connectivity index (χ2n) is 4.18. The van der Waals surface area contributed by atoms with Gasteiger partial charge < -0.3 is 4.74 Å². The van der Waals surface area contributed by atoms with Crippen LogP contribution in [0.5, 0.6) is 5.75 Å². The monoisotopic (exact) mass is 324 g/mol. The van der Waals surface area contributed by atoms with E-state index in [0.29, 0.717) is 21.4 Å². The zero-order chi connectivity index (χ0) is 15.4. The fourth-order valence-electron chi connectivity index (χ4n) is 1.74. The van der Waals surface area contributed by atoms with Crippen molar-refractivity contribution in [3.63, 3.8) is 0 Å². The third-order valence-electron chi connectivity index (χ3n) is 2.84. The van der Waals surface area contributed by atoms with E-state index in [4.69, 9.17) is 27.9 Å². The molecule has 0 bridgehead atoms. The number of ketones is 1. The fourth-order valence-corrected chi connectivity index (χ4v) is 2.26. The van der Waals surface area contributed by atoms with Gasteiger partial charge in [-0.3, -0.25) is 4.79 Å². The van der Waals surface area contributed by atoms with E-state index in [1.54, 1.807) is 18.2 Å². The van der Waals surface area contributed by atoms with E-state index >= 15 is 0 Å². The molecule has 5 heteroatoms. The average Bonchev–Trinajstić information content (AvgIpc) is 2.46. The lowest BCUT2D eigenvalue weighted by atomic mass is 10.1. The van der Waals surface area contributed by atoms with Crippen molar-refractivity contribution in [1.29, 1.82) is 0 Å². The van der Waals surface area contributed by atoms with Crippen molar-refractivity contribution in [2.45, 2.75) is 0 Å². The van der Waals surface area contributed by atoms with E-state index in [-0.39, 0.29) is 5.56 Å². The van der Waals surface area contributed by atoms with Gasteiger partial charge in [0.15, 0.2) is 5.78 Å². The van der Waals surface area contributed by atoms with E-state index in [0.717, 1.165) is 6.07 Å². The zero-order valence-electron chi connectivity index (χ0n) is 11.1. The van der Waals surface area contributed by atoms with Crippen LogP contribution in [0.1, 0.15) is 15.9 Å². The van der Waals surface area contributed by atoms with Crippen molar-refractivity contribution in [2.75, 3.05) is 7.11 Å². The highest BCUT2D eigenvalue weighted by molar-refractivity contribution is 6.37. The summed E-state index contributed by atoms with van der Waals surface area (Å²) in [7, 11) is 1.43. The molecular weight excluding hydrogens is 314 g/mol. The first-order chi connectivity index (χ1) is 10.0. The number of hydrogen-bond donors (Lipinski definition) is 0. The van der Waals surface area contributed by atoms with Gasteiger partial charge in [0.25, 0.3) is 0 Å². The van der Waals surface area contributed by atoms with Gasteiger partial charge in [0.1, 0.15) is 11.6 Å². The molecule has 0 unspecified atom stereocenters. The second kappa shape index (κ2) is 6.74. The summed E-state index contributed by atoms with van der Waals surface area (Å²) in [6, 6.07) is 9.06. The Hall–Kier alpha value is -1.84. The van der Waals surface area contributed by atoms with E-state index in [9.17, 15) is 9.18 Å². The number of benzene rings is 2. The predicted octanol–water partition coefficient (Wildman–Crippen LogP) is 5.04. The molecule has 2 nitrogen and oxygen atoms in total. The van der Waals surface area contributed by atoms with E-state index in [2.05, 4.69) is 0 Å². The van der Waals surface area contributed by atoms with E-state index < -0.39 is 11.6 Å². The Morgan fingerprint density at radius 2 is 1.86 bits per heavy atom. The molecular formula is C16H11Cl2FO2. The normalized spacial score (nSPS) is 10.9. The second-order valence-corrected chi connectivity index (χ2v) is 4.99. The van der Waals surface area contributed by atoms with E-state index in [1.807, 2.05) is 0 Å². The van der Waals surface area contributed by atoms with Crippen LogP contribution in [0.25, 0.3) is 6.08 Å². The molecule has 0 aromatic heterocycles. The Morgan fingerprint density at radius 1 is 1.19 bits per heavy atom. The smallest absolute Gasteiger partial charge is 0.188 e. The Kier molecular flexibility index (Phi) is 4.99. The highest BCUT2D eigenvalue weighted by atomic mass is 35.5. The maximum absolute atomic E-state index is 13.8. The van der Waals surface area contributed by atoms with Gasteiger partial charge in [-0.25, -0.2) is 4.39 Å². The summed E-state index contributed by atoms with van der Waals surface area (Å²) in [6.45, 7) is 0. The van der Waals surface area contributed by atoms with Crippen LogP contribution in [-0.2, 0) is 0 Å². The SMILES string of the molecule is COc1ccc(C(=O)C=Cc2c(Cl)cccc2Cl)c(F)c1. The van der Waals surface area contributed by atoms with Crippen LogP contribution in [-0.4, -0.2) is 12.9 Å². The van der Waals surface area contributed by atoms with Crippen molar-refractivity contribution in [1.82, 2.24) is 0 Å². The Labute approximate surface area is 131 Å². The van der Waals surface area contributed by atoms with Crippen molar-refractivity contribution >= 4 is 35.1 Å². The minimum Gasteiger partial charge on any atom is -0.497 e. The summed E-state index contributed by atoms with van der Waals surface area (Å²) in [5.41, 5.74) is 0.471. The molecule has 0 fully saturated rings. The molecule has 0 radical (unpaired) electrons. The van der Waals surface area contributed by atoms with E-state index in [1.165, 1.54) is 31.4 Å².